The molecule has 0 bridgehead atoms. The Hall–Kier alpha value is -3.08. The monoisotopic (exact) mass is 469 g/mol. The highest BCUT2D eigenvalue weighted by atomic mass is 32.2. The van der Waals surface area contributed by atoms with Gasteiger partial charge in [-0.25, -0.2) is 13.1 Å². The van der Waals surface area contributed by atoms with E-state index in [1.54, 1.807) is 4.68 Å². The van der Waals surface area contributed by atoms with Gasteiger partial charge in [0.15, 0.2) is 0 Å². The minimum Gasteiger partial charge on any atom is -0.468 e. The number of hydrogen-bond donors (Lipinski definition) is 0. The number of nitrogens with zero attached hydrogens (tertiary/aromatic N) is 5. The summed E-state index contributed by atoms with van der Waals surface area (Å²) in [6.45, 7) is 1.59. The van der Waals surface area contributed by atoms with Crippen LogP contribution in [0.15, 0.2) is 66.9 Å². The van der Waals surface area contributed by atoms with Crippen LogP contribution in [-0.2, 0) is 39.2 Å². The van der Waals surface area contributed by atoms with Crippen molar-refractivity contribution in [2.24, 2.45) is 0 Å². The van der Waals surface area contributed by atoms with E-state index < -0.39 is 22.0 Å². The molecule has 2 heterocycles. The fourth-order valence-electron chi connectivity index (χ4n) is 3.91. The van der Waals surface area contributed by atoms with E-state index in [0.717, 1.165) is 11.1 Å². The summed E-state index contributed by atoms with van der Waals surface area (Å²) in [5.74, 6) is -0.667. The molecule has 0 aliphatic carbocycles. The van der Waals surface area contributed by atoms with Gasteiger partial charge in [0, 0.05) is 26.2 Å². The van der Waals surface area contributed by atoms with E-state index in [2.05, 4.69) is 10.3 Å². The minimum absolute atomic E-state index is 0.0918. The molecule has 1 aromatic heterocycles. The van der Waals surface area contributed by atoms with Crippen LogP contribution in [0.25, 0.3) is 0 Å². The SMILES string of the molecule is COC(=O)C1CN(Cc2cn(Cc3ccccc3)nn2)CCS(=O)(=O)N1Cc1ccccc1. The molecule has 0 amide bonds. The molecule has 1 unspecified atom stereocenters. The van der Waals surface area contributed by atoms with Gasteiger partial charge < -0.3 is 4.74 Å². The fraction of sp³-hybridized carbons (Fsp3) is 0.348. The molecule has 1 aliphatic heterocycles. The van der Waals surface area contributed by atoms with Gasteiger partial charge in [-0.1, -0.05) is 65.9 Å². The van der Waals surface area contributed by atoms with Crippen LogP contribution in [0.2, 0.25) is 0 Å². The zero-order chi connectivity index (χ0) is 23.3. The predicted octanol–water partition coefficient (Wildman–Crippen LogP) is 1.52. The molecule has 4 rings (SSSR count). The Labute approximate surface area is 193 Å². The third-order valence-corrected chi connectivity index (χ3v) is 7.41. The molecule has 1 fully saturated rings. The van der Waals surface area contributed by atoms with Gasteiger partial charge in [-0.2, -0.15) is 4.31 Å². The van der Waals surface area contributed by atoms with Crippen molar-refractivity contribution in [1.29, 1.82) is 0 Å². The number of hydrogen-bond acceptors (Lipinski definition) is 7. The molecule has 33 heavy (non-hydrogen) atoms. The van der Waals surface area contributed by atoms with Crippen LogP contribution in [-0.4, -0.2) is 70.6 Å². The smallest absolute Gasteiger partial charge is 0.325 e. The van der Waals surface area contributed by atoms with Gasteiger partial charge in [-0.3, -0.25) is 9.69 Å². The third-order valence-electron chi connectivity index (χ3n) is 5.62. The second-order valence-electron chi connectivity index (χ2n) is 8.01. The molecule has 0 spiro atoms. The molecule has 0 saturated carbocycles. The average molecular weight is 470 g/mol. The highest BCUT2D eigenvalue weighted by Crippen LogP contribution is 2.20. The molecule has 9 nitrogen and oxygen atoms in total. The van der Waals surface area contributed by atoms with Crippen LogP contribution in [0.5, 0.6) is 0 Å². The first-order valence-corrected chi connectivity index (χ1v) is 12.3. The summed E-state index contributed by atoms with van der Waals surface area (Å²) in [6.07, 6.45) is 1.85. The van der Waals surface area contributed by atoms with Crippen molar-refractivity contribution in [2.75, 3.05) is 26.0 Å². The average Bonchev–Trinajstić information content (AvgIpc) is 3.22. The van der Waals surface area contributed by atoms with Gasteiger partial charge >= 0.3 is 5.97 Å². The number of carbonyl (C=O) groups is 1. The molecule has 10 heteroatoms. The Morgan fingerprint density at radius 2 is 1.64 bits per heavy atom. The molecule has 1 saturated heterocycles. The molecule has 1 aliphatic rings. The fourth-order valence-corrected chi connectivity index (χ4v) is 5.52. The Bertz CT molecular complexity index is 1170. The number of sulfonamides is 1. The molecule has 0 radical (unpaired) electrons. The highest BCUT2D eigenvalue weighted by Gasteiger charge is 2.39. The zero-order valence-electron chi connectivity index (χ0n) is 18.4. The molecule has 174 valence electrons. The Morgan fingerprint density at radius 1 is 1.00 bits per heavy atom. The third kappa shape index (κ3) is 5.84. The lowest BCUT2D eigenvalue weighted by molar-refractivity contribution is -0.145. The van der Waals surface area contributed by atoms with E-state index in [0.29, 0.717) is 18.8 Å². The zero-order valence-corrected chi connectivity index (χ0v) is 19.3. The lowest BCUT2D eigenvalue weighted by Gasteiger charge is -2.28. The van der Waals surface area contributed by atoms with Crippen molar-refractivity contribution >= 4 is 16.0 Å². The number of rotatable bonds is 7. The van der Waals surface area contributed by atoms with Crippen LogP contribution >= 0.6 is 0 Å². The van der Waals surface area contributed by atoms with Gasteiger partial charge in [0.25, 0.3) is 0 Å². The second-order valence-corrected chi connectivity index (χ2v) is 10.1. The summed E-state index contributed by atoms with van der Waals surface area (Å²) in [4.78, 5) is 14.5. The summed E-state index contributed by atoms with van der Waals surface area (Å²) < 4.78 is 34.2. The van der Waals surface area contributed by atoms with Crippen LogP contribution in [0.4, 0.5) is 0 Å². The first-order chi connectivity index (χ1) is 15.9. The van der Waals surface area contributed by atoms with Crippen LogP contribution in [0.3, 0.4) is 0 Å². The molecule has 0 N–H and O–H groups in total. The normalized spacial score (nSPS) is 19.1. The topological polar surface area (TPSA) is 97.6 Å². The van der Waals surface area contributed by atoms with Crippen LogP contribution in [0, 0.1) is 0 Å². The predicted molar refractivity (Wildman–Crippen MR) is 122 cm³/mol. The first kappa shape index (κ1) is 23.1. The van der Waals surface area contributed by atoms with Crippen molar-refractivity contribution in [3.05, 3.63) is 83.7 Å². The maximum absolute atomic E-state index is 13.1. The van der Waals surface area contributed by atoms with E-state index in [4.69, 9.17) is 4.74 Å². The van der Waals surface area contributed by atoms with Crippen molar-refractivity contribution in [3.8, 4) is 0 Å². The van der Waals surface area contributed by atoms with Gasteiger partial charge in [0.1, 0.15) is 6.04 Å². The van der Waals surface area contributed by atoms with E-state index in [1.165, 1.54) is 11.4 Å². The molecular formula is C23H27N5O4S. The number of esters is 1. The van der Waals surface area contributed by atoms with Gasteiger partial charge in [0.05, 0.1) is 31.3 Å². The summed E-state index contributed by atoms with van der Waals surface area (Å²) in [6, 6.07) is 18.2. The number of carbonyl (C=O) groups excluding carboxylic acids is 1. The summed E-state index contributed by atoms with van der Waals surface area (Å²) in [7, 11) is -2.40. The molecular weight excluding hydrogens is 442 g/mol. The van der Waals surface area contributed by atoms with E-state index >= 15 is 0 Å². The maximum atomic E-state index is 13.1. The standard InChI is InChI=1S/C23H27N5O4S/c1-32-23(29)22-18-26(12-13-33(30,31)28(22)15-20-10-6-3-7-11-20)16-21-17-27(25-24-21)14-19-8-4-2-5-9-19/h2-11,17,22H,12-16,18H2,1H3. The van der Waals surface area contributed by atoms with Crippen molar-refractivity contribution in [2.45, 2.75) is 25.7 Å². The van der Waals surface area contributed by atoms with E-state index in [9.17, 15) is 13.2 Å². The largest absolute Gasteiger partial charge is 0.468 e. The quantitative estimate of drug-likeness (QED) is 0.484. The van der Waals surface area contributed by atoms with Crippen molar-refractivity contribution < 1.29 is 17.9 Å². The molecule has 2 aromatic carbocycles. The Balaban J connectivity index is 1.51. The first-order valence-electron chi connectivity index (χ1n) is 10.7. The highest BCUT2D eigenvalue weighted by molar-refractivity contribution is 7.89. The Morgan fingerprint density at radius 3 is 2.27 bits per heavy atom. The van der Waals surface area contributed by atoms with Gasteiger partial charge in [-0.15, -0.1) is 5.10 Å². The van der Waals surface area contributed by atoms with Gasteiger partial charge in [-0.05, 0) is 11.1 Å². The lowest BCUT2D eigenvalue weighted by Crippen LogP contribution is -2.48. The summed E-state index contributed by atoms with van der Waals surface area (Å²) in [5, 5.41) is 8.43. The van der Waals surface area contributed by atoms with E-state index in [1.807, 2.05) is 71.8 Å². The molecule has 1 atom stereocenters. The van der Waals surface area contributed by atoms with Crippen LogP contribution < -0.4 is 0 Å². The van der Waals surface area contributed by atoms with Crippen molar-refractivity contribution in [1.82, 2.24) is 24.2 Å². The molecule has 3 aromatic rings. The summed E-state index contributed by atoms with van der Waals surface area (Å²) in [5.41, 5.74) is 2.63. The number of aromatic nitrogens is 3. The number of benzene rings is 2. The van der Waals surface area contributed by atoms with Crippen LogP contribution in [0.1, 0.15) is 16.8 Å². The Kier molecular flexibility index (Phi) is 7.17. The summed E-state index contributed by atoms with van der Waals surface area (Å²) >= 11 is 0. The number of methoxy groups -OCH3 is 1. The maximum Gasteiger partial charge on any atom is 0.325 e. The van der Waals surface area contributed by atoms with E-state index in [-0.39, 0.29) is 25.4 Å². The van der Waals surface area contributed by atoms with Gasteiger partial charge in [0.2, 0.25) is 10.0 Å². The second kappa shape index (κ2) is 10.2. The number of ether oxygens (including phenoxy) is 1. The van der Waals surface area contributed by atoms with Crippen molar-refractivity contribution in [3.63, 3.8) is 0 Å². The minimum atomic E-state index is -3.67. The lowest BCUT2D eigenvalue weighted by atomic mass is 10.2.